The molecule has 8 nitrogen and oxygen atoms in total. The second kappa shape index (κ2) is 7.50. The van der Waals surface area contributed by atoms with Gasteiger partial charge in [-0.15, -0.1) is 4.73 Å². The van der Waals surface area contributed by atoms with Crippen molar-refractivity contribution < 1.29 is 37.8 Å². The summed E-state index contributed by atoms with van der Waals surface area (Å²) in [5, 5.41) is 20.8. The van der Waals surface area contributed by atoms with Gasteiger partial charge in [0, 0.05) is 5.56 Å². The van der Waals surface area contributed by atoms with Gasteiger partial charge in [0.2, 0.25) is 0 Å². The van der Waals surface area contributed by atoms with Gasteiger partial charge in [-0.25, -0.2) is 0 Å². The largest absolute Gasteiger partial charge is 0.507 e. The number of carbonyl (C=O) groups excluding carboxylic acids is 1. The Hall–Kier alpha value is -2.98. The molecule has 1 aliphatic carbocycles. The molecule has 2 rings (SSSR count). The predicted octanol–water partition coefficient (Wildman–Crippen LogP) is 0.709. The molecule has 0 spiro atoms. The van der Waals surface area contributed by atoms with Crippen molar-refractivity contribution in [3.8, 4) is 5.75 Å². The lowest BCUT2D eigenvalue weighted by Crippen LogP contribution is -2.39. The average molecular weight is 376 g/mol. The molecule has 1 amide bonds. The zero-order valence-corrected chi connectivity index (χ0v) is 13.3. The number of hydrogen-bond donors (Lipinski definition) is 3. The number of rotatable bonds is 6. The average Bonchev–Trinajstić information content (AvgIpc) is 2.55. The fourth-order valence-electron chi connectivity index (χ4n) is 2.37. The lowest BCUT2D eigenvalue weighted by atomic mass is 9.98. The zero-order chi connectivity index (χ0) is 19.5. The number of pyridine rings is 1. The van der Waals surface area contributed by atoms with Crippen LogP contribution in [0.1, 0.15) is 34.5 Å². The summed E-state index contributed by atoms with van der Waals surface area (Å²) < 4.78 is 37.4. The maximum absolute atomic E-state index is 12.5. The van der Waals surface area contributed by atoms with Crippen LogP contribution in [0.15, 0.2) is 10.9 Å². The third kappa shape index (κ3) is 4.35. The van der Waals surface area contributed by atoms with Crippen LogP contribution in [0.4, 0.5) is 13.2 Å². The molecule has 1 aromatic heterocycles. The number of halogens is 3. The summed E-state index contributed by atoms with van der Waals surface area (Å²) in [6.07, 6.45) is -2.10. The molecule has 26 heavy (non-hydrogen) atoms. The van der Waals surface area contributed by atoms with Gasteiger partial charge in [0.15, 0.2) is 0 Å². The predicted molar refractivity (Wildman–Crippen MR) is 81.8 cm³/mol. The molecule has 0 bridgehead atoms. The number of carboxylic acids is 1. The number of carbonyl (C=O) groups is 2. The molecule has 0 radical (unpaired) electrons. The van der Waals surface area contributed by atoms with Crippen LogP contribution >= 0.6 is 0 Å². The number of amides is 1. The number of aliphatic carboxylic acids is 1. The van der Waals surface area contributed by atoms with E-state index in [1.165, 1.54) is 6.08 Å². The van der Waals surface area contributed by atoms with Gasteiger partial charge in [0.05, 0.1) is 12.1 Å². The summed E-state index contributed by atoms with van der Waals surface area (Å²) in [7, 11) is 0. The molecule has 0 saturated heterocycles. The monoisotopic (exact) mass is 376 g/mol. The number of carboxylic acid groups (broad SMARTS) is 1. The number of allylic oxidation sites excluding steroid dienone is 1. The van der Waals surface area contributed by atoms with Crippen molar-refractivity contribution >= 4 is 18.0 Å². The van der Waals surface area contributed by atoms with Gasteiger partial charge in [-0.2, -0.15) is 13.2 Å². The van der Waals surface area contributed by atoms with E-state index in [-0.39, 0.29) is 17.7 Å². The number of nitrogens with zero attached hydrogens (tertiary/aromatic N) is 1. The van der Waals surface area contributed by atoms with Gasteiger partial charge in [-0.3, -0.25) is 14.4 Å². The molecule has 0 atom stereocenters. The van der Waals surface area contributed by atoms with Gasteiger partial charge in [0.1, 0.15) is 24.5 Å². The number of fused-ring (bicyclic) bond motifs is 1. The first-order chi connectivity index (χ1) is 12.1. The Morgan fingerprint density at radius 1 is 1.35 bits per heavy atom. The smallest absolute Gasteiger partial charge is 0.392 e. The lowest BCUT2D eigenvalue weighted by Gasteiger charge is -2.20. The van der Waals surface area contributed by atoms with Crippen LogP contribution in [-0.2, 0) is 11.2 Å². The Balaban J connectivity index is 2.44. The molecule has 3 N–H and O–H groups in total. The van der Waals surface area contributed by atoms with E-state index in [1.807, 2.05) is 5.32 Å². The highest BCUT2D eigenvalue weighted by Crippen LogP contribution is 2.29. The molecule has 1 heterocycles. The van der Waals surface area contributed by atoms with Gasteiger partial charge in [-0.05, 0) is 18.9 Å². The van der Waals surface area contributed by atoms with E-state index in [1.54, 1.807) is 6.08 Å². The molecular weight excluding hydrogens is 361 g/mol. The molecule has 0 saturated carbocycles. The van der Waals surface area contributed by atoms with Gasteiger partial charge < -0.3 is 20.4 Å². The summed E-state index contributed by atoms with van der Waals surface area (Å²) in [5.41, 5.74) is -1.78. The Labute approximate surface area is 144 Å². The normalized spacial score (nSPS) is 13.2. The Morgan fingerprint density at radius 2 is 2.04 bits per heavy atom. The molecule has 1 aromatic rings. The van der Waals surface area contributed by atoms with Crippen molar-refractivity contribution in [3.05, 3.63) is 33.3 Å². The topological polar surface area (TPSA) is 118 Å². The molecule has 0 fully saturated rings. The van der Waals surface area contributed by atoms with E-state index in [2.05, 4.69) is 0 Å². The van der Waals surface area contributed by atoms with Crippen molar-refractivity contribution in [3.63, 3.8) is 0 Å². The number of aromatic nitrogens is 1. The van der Waals surface area contributed by atoms with Gasteiger partial charge >= 0.3 is 12.1 Å². The molecular formula is C15H15F3N2O6. The molecule has 0 aliphatic heterocycles. The molecule has 142 valence electrons. The van der Waals surface area contributed by atoms with E-state index >= 15 is 0 Å². The first-order valence-corrected chi connectivity index (χ1v) is 7.49. The summed E-state index contributed by atoms with van der Waals surface area (Å²) in [5.74, 6) is -3.19. The van der Waals surface area contributed by atoms with E-state index < -0.39 is 54.5 Å². The minimum Gasteiger partial charge on any atom is -0.507 e. The van der Waals surface area contributed by atoms with E-state index in [9.17, 15) is 32.7 Å². The van der Waals surface area contributed by atoms with Crippen molar-refractivity contribution in [2.24, 2.45) is 0 Å². The number of nitrogens with one attached hydrogen (secondary N) is 1. The van der Waals surface area contributed by atoms with Crippen molar-refractivity contribution in [2.45, 2.75) is 25.4 Å². The van der Waals surface area contributed by atoms with Crippen molar-refractivity contribution in [2.75, 3.05) is 13.2 Å². The Bertz CT molecular complexity index is 813. The highest BCUT2D eigenvalue weighted by atomic mass is 19.4. The van der Waals surface area contributed by atoms with Crippen molar-refractivity contribution in [1.82, 2.24) is 10.0 Å². The summed E-state index contributed by atoms with van der Waals surface area (Å²) in [4.78, 5) is 40.0. The first-order valence-electron chi connectivity index (χ1n) is 7.49. The van der Waals surface area contributed by atoms with E-state index in [4.69, 9.17) is 9.94 Å². The van der Waals surface area contributed by atoms with Gasteiger partial charge in [-0.1, -0.05) is 6.08 Å². The summed E-state index contributed by atoms with van der Waals surface area (Å²) >= 11 is 0. The van der Waals surface area contributed by atoms with E-state index in [0.717, 1.165) is 0 Å². The third-order valence-corrected chi connectivity index (χ3v) is 3.52. The lowest BCUT2D eigenvalue weighted by molar-refractivity contribution is -0.146. The SMILES string of the molecule is O=C(O)CNC(=O)c1c(O)c2c(n(OCCC(F)(F)F)c1=O)C=CCC2. The second-order valence-corrected chi connectivity index (χ2v) is 5.40. The van der Waals surface area contributed by atoms with Crippen molar-refractivity contribution in [1.29, 1.82) is 0 Å². The third-order valence-electron chi connectivity index (χ3n) is 3.52. The number of alkyl halides is 3. The minimum absolute atomic E-state index is 0.0377. The summed E-state index contributed by atoms with van der Waals surface area (Å²) in [6.45, 7) is -1.67. The molecule has 0 aromatic carbocycles. The maximum atomic E-state index is 12.5. The molecule has 11 heteroatoms. The molecule has 0 unspecified atom stereocenters. The number of aromatic hydroxyl groups is 1. The number of hydrogen-bond acceptors (Lipinski definition) is 5. The quantitative estimate of drug-likeness (QED) is 0.673. The van der Waals surface area contributed by atoms with Crippen LogP contribution in [0.2, 0.25) is 0 Å². The van der Waals surface area contributed by atoms with Crippen LogP contribution in [0, 0.1) is 0 Å². The van der Waals surface area contributed by atoms with Crippen LogP contribution in [0.5, 0.6) is 5.75 Å². The van der Waals surface area contributed by atoms with Crippen LogP contribution in [0.25, 0.3) is 6.08 Å². The van der Waals surface area contributed by atoms with Gasteiger partial charge in [0.25, 0.3) is 11.5 Å². The van der Waals surface area contributed by atoms with Crippen LogP contribution in [0.3, 0.4) is 0 Å². The van der Waals surface area contributed by atoms with Crippen LogP contribution in [-0.4, -0.2) is 46.1 Å². The molecule has 1 aliphatic rings. The fourth-order valence-corrected chi connectivity index (χ4v) is 2.37. The zero-order valence-electron chi connectivity index (χ0n) is 13.3. The second-order valence-electron chi connectivity index (χ2n) is 5.40. The fraction of sp³-hybridized carbons (Fsp3) is 0.400. The minimum atomic E-state index is -4.50. The highest BCUT2D eigenvalue weighted by molar-refractivity contribution is 5.98. The Kier molecular flexibility index (Phi) is 5.58. The Morgan fingerprint density at radius 3 is 2.65 bits per heavy atom. The highest BCUT2D eigenvalue weighted by Gasteiger charge is 2.29. The van der Waals surface area contributed by atoms with Crippen LogP contribution < -0.4 is 15.7 Å². The van der Waals surface area contributed by atoms with E-state index in [0.29, 0.717) is 11.2 Å². The summed E-state index contributed by atoms with van der Waals surface area (Å²) in [6, 6.07) is 0. The maximum Gasteiger partial charge on any atom is 0.392 e. The first kappa shape index (κ1) is 19.3. The standard InChI is InChI=1S/C15H15F3N2O6/c16-15(17,18)5-6-26-20-9-4-2-1-3-8(9)12(23)11(14(20)25)13(24)19-7-10(21)22/h2,4,23H,1,3,5-7H2,(H,19,24)(H,21,22).